The highest BCUT2D eigenvalue weighted by Gasteiger charge is 2.39. The number of imide groups is 2. The average molecular weight is 429 g/mol. The van der Waals surface area contributed by atoms with Gasteiger partial charge in [-0.25, -0.2) is 9.69 Å². The van der Waals surface area contributed by atoms with Gasteiger partial charge in [-0.15, -0.1) is 0 Å². The largest absolute Gasteiger partial charge is 0.416 e. The van der Waals surface area contributed by atoms with E-state index in [-0.39, 0.29) is 5.02 Å². The molecule has 4 amide bonds. The Morgan fingerprint density at radius 2 is 1.61 bits per heavy atom. The van der Waals surface area contributed by atoms with Gasteiger partial charge in [0.05, 0.1) is 16.3 Å². The molecule has 0 bridgehead atoms. The molecule has 1 aliphatic heterocycles. The van der Waals surface area contributed by atoms with Crippen LogP contribution in [0.1, 0.15) is 11.1 Å². The molecule has 0 unspecified atom stereocenters. The Morgan fingerprint density at radius 1 is 0.964 bits per heavy atom. The number of carbonyl (C=O) groups excluding carboxylic acids is 3. The summed E-state index contributed by atoms with van der Waals surface area (Å²) in [5.74, 6) is -2.09. The number of barbiturate groups is 1. The maximum Gasteiger partial charge on any atom is 0.416 e. The second-order valence-electron chi connectivity index (χ2n) is 5.67. The van der Waals surface area contributed by atoms with E-state index in [2.05, 4.69) is 0 Å². The second-order valence-corrected chi connectivity index (χ2v) is 6.52. The molecular formula is C18H9Cl2F3N2O3. The van der Waals surface area contributed by atoms with Crippen LogP contribution in [0.25, 0.3) is 6.08 Å². The quantitative estimate of drug-likeness (QED) is 0.557. The SMILES string of the molecule is O=C1NC(=O)N(c2cc(C(F)(F)F)ccc2Cl)C(=O)/C1=C/c1ccc(Cl)cc1. The predicted molar refractivity (Wildman–Crippen MR) is 96.9 cm³/mol. The fourth-order valence-electron chi connectivity index (χ4n) is 2.46. The van der Waals surface area contributed by atoms with Crippen molar-refractivity contribution < 1.29 is 27.6 Å². The number of halogens is 5. The van der Waals surface area contributed by atoms with Crippen LogP contribution in [0, 0.1) is 0 Å². The fraction of sp³-hybridized carbons (Fsp3) is 0.0556. The molecule has 28 heavy (non-hydrogen) atoms. The smallest absolute Gasteiger partial charge is 0.273 e. The van der Waals surface area contributed by atoms with Crippen molar-refractivity contribution in [3.63, 3.8) is 0 Å². The van der Waals surface area contributed by atoms with Gasteiger partial charge in [-0.2, -0.15) is 13.2 Å². The number of amides is 4. The third-order valence-electron chi connectivity index (χ3n) is 3.80. The highest BCUT2D eigenvalue weighted by Crippen LogP contribution is 2.36. The molecule has 0 spiro atoms. The van der Waals surface area contributed by atoms with Crippen molar-refractivity contribution in [2.24, 2.45) is 0 Å². The van der Waals surface area contributed by atoms with Crippen molar-refractivity contribution in [3.8, 4) is 0 Å². The summed E-state index contributed by atoms with van der Waals surface area (Å²) >= 11 is 11.7. The molecule has 1 fully saturated rings. The van der Waals surface area contributed by atoms with Crippen molar-refractivity contribution in [3.05, 3.63) is 69.2 Å². The van der Waals surface area contributed by atoms with Gasteiger partial charge in [0, 0.05) is 5.02 Å². The molecule has 1 aliphatic rings. The topological polar surface area (TPSA) is 66.5 Å². The van der Waals surface area contributed by atoms with Gasteiger partial charge in [0.1, 0.15) is 5.57 Å². The summed E-state index contributed by atoms with van der Waals surface area (Å²) < 4.78 is 39.0. The molecule has 0 atom stereocenters. The van der Waals surface area contributed by atoms with E-state index in [4.69, 9.17) is 23.2 Å². The van der Waals surface area contributed by atoms with Crippen LogP contribution in [0.4, 0.5) is 23.7 Å². The summed E-state index contributed by atoms with van der Waals surface area (Å²) in [7, 11) is 0. The molecule has 2 aromatic rings. The van der Waals surface area contributed by atoms with Crippen molar-refractivity contribution >= 4 is 52.8 Å². The Bertz CT molecular complexity index is 1020. The van der Waals surface area contributed by atoms with Crippen LogP contribution in [-0.4, -0.2) is 17.8 Å². The van der Waals surface area contributed by atoms with E-state index in [0.717, 1.165) is 6.07 Å². The minimum Gasteiger partial charge on any atom is -0.273 e. The van der Waals surface area contributed by atoms with Gasteiger partial charge in [-0.1, -0.05) is 35.3 Å². The van der Waals surface area contributed by atoms with Crippen LogP contribution in [0.2, 0.25) is 10.0 Å². The Labute approximate surface area is 166 Å². The van der Waals surface area contributed by atoms with Crippen LogP contribution in [0.15, 0.2) is 48.0 Å². The highest BCUT2D eigenvalue weighted by atomic mass is 35.5. The number of anilines is 1. The first-order chi connectivity index (χ1) is 13.1. The van der Waals surface area contributed by atoms with E-state index in [9.17, 15) is 27.6 Å². The molecule has 0 aliphatic carbocycles. The summed E-state index contributed by atoms with van der Waals surface area (Å²) in [6, 6.07) is 7.08. The number of hydrogen-bond acceptors (Lipinski definition) is 3. The molecule has 5 nitrogen and oxygen atoms in total. The van der Waals surface area contributed by atoms with E-state index in [1.54, 1.807) is 0 Å². The van der Waals surface area contributed by atoms with Crippen molar-refractivity contribution in [1.29, 1.82) is 0 Å². The van der Waals surface area contributed by atoms with Crippen LogP contribution < -0.4 is 10.2 Å². The van der Waals surface area contributed by atoms with E-state index in [1.807, 2.05) is 5.32 Å². The predicted octanol–water partition coefficient (Wildman–Crippen LogP) is 4.68. The monoisotopic (exact) mass is 428 g/mol. The zero-order valence-electron chi connectivity index (χ0n) is 13.7. The Hall–Kier alpha value is -2.84. The van der Waals surface area contributed by atoms with Crippen LogP contribution in [0.5, 0.6) is 0 Å². The van der Waals surface area contributed by atoms with Gasteiger partial charge in [0.2, 0.25) is 0 Å². The first kappa shape index (κ1) is 19.9. The van der Waals surface area contributed by atoms with Gasteiger partial charge in [0.25, 0.3) is 11.8 Å². The number of rotatable bonds is 2. The van der Waals surface area contributed by atoms with Crippen LogP contribution in [0.3, 0.4) is 0 Å². The minimum atomic E-state index is -4.72. The maximum absolute atomic E-state index is 13.0. The van der Waals surface area contributed by atoms with Crippen LogP contribution >= 0.6 is 23.2 Å². The first-order valence-corrected chi connectivity index (χ1v) is 8.37. The Kier molecular flexibility index (Phi) is 5.18. The number of nitrogens with zero attached hydrogens (tertiary/aromatic N) is 1. The molecule has 10 heteroatoms. The summed E-state index contributed by atoms with van der Waals surface area (Å²) in [6.07, 6.45) is -3.53. The zero-order valence-corrected chi connectivity index (χ0v) is 15.2. The molecule has 1 saturated heterocycles. The average Bonchev–Trinajstić information content (AvgIpc) is 2.60. The first-order valence-electron chi connectivity index (χ1n) is 7.61. The Morgan fingerprint density at radius 3 is 2.21 bits per heavy atom. The molecule has 0 saturated carbocycles. The molecule has 3 rings (SSSR count). The second kappa shape index (κ2) is 7.29. The van der Waals surface area contributed by atoms with Gasteiger partial charge < -0.3 is 0 Å². The molecule has 2 aromatic carbocycles. The van der Waals surface area contributed by atoms with E-state index >= 15 is 0 Å². The van der Waals surface area contributed by atoms with Gasteiger partial charge in [-0.3, -0.25) is 14.9 Å². The van der Waals surface area contributed by atoms with E-state index < -0.39 is 40.8 Å². The lowest BCUT2D eigenvalue weighted by Crippen LogP contribution is -2.54. The highest BCUT2D eigenvalue weighted by molar-refractivity contribution is 6.42. The minimum absolute atomic E-state index is 0.267. The van der Waals surface area contributed by atoms with Gasteiger partial charge in [0.15, 0.2) is 0 Å². The number of hydrogen-bond donors (Lipinski definition) is 1. The summed E-state index contributed by atoms with van der Waals surface area (Å²) in [5, 5.41) is 2.08. The maximum atomic E-state index is 13.0. The lowest BCUT2D eigenvalue weighted by molar-refractivity contribution is -0.137. The van der Waals surface area contributed by atoms with Crippen molar-refractivity contribution in [2.75, 3.05) is 4.90 Å². The number of alkyl halides is 3. The summed E-state index contributed by atoms with van der Waals surface area (Å²) in [6.45, 7) is 0. The van der Waals surface area contributed by atoms with Gasteiger partial charge in [-0.05, 0) is 42.0 Å². The third-order valence-corrected chi connectivity index (χ3v) is 4.37. The molecule has 0 radical (unpaired) electrons. The third kappa shape index (κ3) is 3.88. The standard InChI is InChI=1S/C18H9Cl2F3N2O3/c19-11-4-1-9(2-5-11)7-12-15(26)24-17(28)25(16(12)27)14-8-10(18(21,22)23)3-6-13(14)20/h1-8H,(H,24,26,28)/b12-7+. The van der Waals surface area contributed by atoms with E-state index in [1.165, 1.54) is 30.3 Å². The normalized spacial score (nSPS) is 16.5. The number of nitrogens with one attached hydrogen (secondary N) is 1. The Balaban J connectivity index is 2.07. The lowest BCUT2D eigenvalue weighted by atomic mass is 10.1. The summed E-state index contributed by atoms with van der Waals surface area (Å²) in [4.78, 5) is 37.4. The van der Waals surface area contributed by atoms with Crippen LogP contribution in [-0.2, 0) is 15.8 Å². The summed E-state index contributed by atoms with van der Waals surface area (Å²) in [5.41, 5.74) is -1.62. The fourth-order valence-corrected chi connectivity index (χ4v) is 2.79. The zero-order chi connectivity index (χ0) is 20.6. The lowest BCUT2D eigenvalue weighted by Gasteiger charge is -2.27. The number of carbonyl (C=O) groups is 3. The number of benzene rings is 2. The van der Waals surface area contributed by atoms with Gasteiger partial charge >= 0.3 is 12.2 Å². The van der Waals surface area contributed by atoms with Crippen molar-refractivity contribution in [2.45, 2.75) is 6.18 Å². The van der Waals surface area contributed by atoms with E-state index in [0.29, 0.717) is 27.6 Å². The molecule has 144 valence electrons. The molecule has 0 aromatic heterocycles. The van der Waals surface area contributed by atoms with Crippen molar-refractivity contribution in [1.82, 2.24) is 5.32 Å². The number of urea groups is 1. The molecular weight excluding hydrogens is 420 g/mol. The molecule has 1 heterocycles. The molecule has 1 N–H and O–H groups in total.